The summed E-state index contributed by atoms with van der Waals surface area (Å²) < 4.78 is 0. The zero-order chi connectivity index (χ0) is 11.7. The van der Waals surface area contributed by atoms with Crippen LogP contribution in [0.4, 0.5) is 0 Å². The topological polar surface area (TPSA) is 87.6 Å². The number of hydrogen-bond donors (Lipinski definition) is 2. The zero-order valence-corrected chi connectivity index (χ0v) is 8.74. The number of carboxylic acids is 2. The summed E-state index contributed by atoms with van der Waals surface area (Å²) in [5, 5.41) is 14.8. The van der Waals surface area contributed by atoms with Crippen molar-refractivity contribution < 1.29 is 19.8 Å². The van der Waals surface area contributed by atoms with Gasteiger partial charge in [-0.25, -0.2) is 9.59 Å². The van der Waals surface area contributed by atoms with Gasteiger partial charge in [0.2, 0.25) is 0 Å². The molecule has 4 aliphatic heterocycles. The lowest BCUT2D eigenvalue weighted by Crippen LogP contribution is -2.71. The summed E-state index contributed by atoms with van der Waals surface area (Å²) in [5.41, 5.74) is 0. The highest BCUT2D eigenvalue weighted by atomic mass is 16.4. The van der Waals surface area contributed by atoms with Gasteiger partial charge in [-0.3, -0.25) is 19.6 Å². The van der Waals surface area contributed by atoms with Crippen LogP contribution in [0.3, 0.4) is 0 Å². The second kappa shape index (κ2) is 4.34. The predicted octanol–water partition coefficient (Wildman–Crippen LogP) is -1.86. The maximum absolute atomic E-state index is 9.10. The predicted molar refractivity (Wildman–Crippen MR) is 51.8 cm³/mol. The minimum atomic E-state index is -1.82. The van der Waals surface area contributed by atoms with E-state index in [1.807, 2.05) is 0 Å². The average Bonchev–Trinajstić information content (AvgIpc) is 2.15. The Labute approximate surface area is 92.2 Å². The molecule has 0 amide bonds. The highest BCUT2D eigenvalue weighted by Crippen LogP contribution is 2.20. The number of nitrogens with zero attached hydrogens (tertiary/aromatic N) is 4. The fraction of sp³-hybridized carbons (Fsp3) is 0.750. The Kier molecular flexibility index (Phi) is 3.06. The summed E-state index contributed by atoms with van der Waals surface area (Å²) in [6, 6.07) is 0. The first-order chi connectivity index (χ1) is 7.54. The van der Waals surface area contributed by atoms with E-state index in [1.165, 1.54) is 40.0 Å². The van der Waals surface area contributed by atoms with Crippen LogP contribution in [0.5, 0.6) is 0 Å². The second-order valence-electron chi connectivity index (χ2n) is 4.14. The molecule has 0 unspecified atom stereocenters. The number of aliphatic carboxylic acids is 2. The Morgan fingerprint density at radius 1 is 0.625 bits per heavy atom. The molecular weight excluding hydrogens is 216 g/mol. The molecule has 0 saturated carbocycles. The second-order valence-corrected chi connectivity index (χ2v) is 4.14. The van der Waals surface area contributed by atoms with Crippen molar-refractivity contribution in [1.82, 2.24) is 19.6 Å². The van der Waals surface area contributed by atoms with Crippen molar-refractivity contribution in [3.05, 3.63) is 0 Å². The smallest absolute Gasteiger partial charge is 0.414 e. The molecule has 0 atom stereocenters. The third kappa shape index (κ3) is 2.47. The van der Waals surface area contributed by atoms with Crippen LogP contribution in [0.2, 0.25) is 0 Å². The molecule has 4 fully saturated rings. The quantitative estimate of drug-likeness (QED) is 0.468. The first-order valence-corrected chi connectivity index (χ1v) is 4.90. The normalized spacial score (nSPS) is 38.8. The van der Waals surface area contributed by atoms with Gasteiger partial charge >= 0.3 is 11.9 Å². The third-order valence-corrected chi connectivity index (χ3v) is 2.58. The fourth-order valence-corrected chi connectivity index (χ4v) is 2.23. The first kappa shape index (κ1) is 11.3. The van der Waals surface area contributed by atoms with Crippen LogP contribution in [0, 0.1) is 0 Å². The fourth-order valence-electron chi connectivity index (χ4n) is 2.23. The lowest BCUT2D eigenvalue weighted by molar-refractivity contribution is -0.194. The zero-order valence-electron chi connectivity index (χ0n) is 8.74. The summed E-state index contributed by atoms with van der Waals surface area (Å²) in [7, 11) is 0. The summed E-state index contributed by atoms with van der Waals surface area (Å²) >= 11 is 0. The number of hydrogen-bond acceptors (Lipinski definition) is 6. The molecule has 4 bridgehead atoms. The summed E-state index contributed by atoms with van der Waals surface area (Å²) in [4.78, 5) is 28.1. The van der Waals surface area contributed by atoms with Crippen LogP contribution < -0.4 is 0 Å². The van der Waals surface area contributed by atoms with E-state index in [4.69, 9.17) is 19.8 Å². The number of carbonyl (C=O) groups is 2. The lowest BCUT2D eigenvalue weighted by Gasteiger charge is -2.56. The van der Waals surface area contributed by atoms with Crippen molar-refractivity contribution in [1.29, 1.82) is 0 Å². The Bertz CT molecular complexity index is 240. The maximum atomic E-state index is 9.10. The van der Waals surface area contributed by atoms with E-state index in [2.05, 4.69) is 19.6 Å². The number of carboxylic acid groups (broad SMARTS) is 2. The summed E-state index contributed by atoms with van der Waals surface area (Å²) in [5.74, 6) is -3.65. The largest absolute Gasteiger partial charge is 0.473 e. The van der Waals surface area contributed by atoms with Crippen LogP contribution in [-0.4, -0.2) is 81.8 Å². The molecule has 4 heterocycles. The Hall–Kier alpha value is -1.22. The van der Waals surface area contributed by atoms with Crippen LogP contribution in [0.1, 0.15) is 0 Å². The molecule has 2 N–H and O–H groups in total. The van der Waals surface area contributed by atoms with Crippen molar-refractivity contribution in [2.45, 2.75) is 0 Å². The molecule has 0 aliphatic carbocycles. The van der Waals surface area contributed by atoms with Gasteiger partial charge in [0.15, 0.2) is 0 Å². The van der Waals surface area contributed by atoms with E-state index in [9.17, 15) is 0 Å². The van der Waals surface area contributed by atoms with Gasteiger partial charge < -0.3 is 10.2 Å². The first-order valence-electron chi connectivity index (χ1n) is 4.90. The highest BCUT2D eigenvalue weighted by Gasteiger charge is 2.36. The van der Waals surface area contributed by atoms with Gasteiger partial charge in [0, 0.05) is 0 Å². The molecule has 8 heteroatoms. The van der Waals surface area contributed by atoms with E-state index < -0.39 is 11.9 Å². The molecule has 16 heavy (non-hydrogen) atoms. The van der Waals surface area contributed by atoms with Crippen molar-refractivity contribution >= 4 is 11.9 Å². The van der Waals surface area contributed by atoms with Crippen LogP contribution in [0.15, 0.2) is 0 Å². The third-order valence-electron chi connectivity index (χ3n) is 2.58. The molecule has 0 spiro atoms. The Balaban J connectivity index is 0.000000142. The molecule has 8 nitrogen and oxygen atoms in total. The van der Waals surface area contributed by atoms with Crippen LogP contribution in [0.25, 0.3) is 0 Å². The molecule has 0 aromatic carbocycles. The van der Waals surface area contributed by atoms with E-state index in [0.717, 1.165) is 0 Å². The average molecular weight is 230 g/mol. The van der Waals surface area contributed by atoms with Crippen molar-refractivity contribution in [2.24, 2.45) is 0 Å². The Morgan fingerprint density at radius 2 is 0.812 bits per heavy atom. The molecule has 4 rings (SSSR count). The van der Waals surface area contributed by atoms with Crippen molar-refractivity contribution in [3.8, 4) is 0 Å². The van der Waals surface area contributed by atoms with Crippen molar-refractivity contribution in [2.75, 3.05) is 40.0 Å². The summed E-state index contributed by atoms with van der Waals surface area (Å²) in [6.07, 6.45) is 0. The minimum Gasteiger partial charge on any atom is -0.473 e. The standard InChI is InChI=1S/C6H12N4.C2H2O4/c1-7-2-9-4-8(1)5-10(3-7)6-9;3-1(4)2(5)6/h1-6H2;(H,3,4)(H,5,6). The van der Waals surface area contributed by atoms with Gasteiger partial charge in [0.1, 0.15) is 0 Å². The van der Waals surface area contributed by atoms with E-state index in [1.54, 1.807) is 0 Å². The number of rotatable bonds is 0. The van der Waals surface area contributed by atoms with E-state index >= 15 is 0 Å². The maximum Gasteiger partial charge on any atom is 0.414 e. The van der Waals surface area contributed by atoms with Crippen LogP contribution in [-0.2, 0) is 9.59 Å². The summed E-state index contributed by atoms with van der Waals surface area (Å²) in [6.45, 7) is 7.12. The van der Waals surface area contributed by atoms with Gasteiger partial charge in [-0.2, -0.15) is 0 Å². The van der Waals surface area contributed by atoms with Gasteiger partial charge in [-0.1, -0.05) is 0 Å². The molecular formula is C8H14N4O4. The van der Waals surface area contributed by atoms with Crippen LogP contribution >= 0.6 is 0 Å². The molecule has 0 radical (unpaired) electrons. The molecule has 4 saturated heterocycles. The SMILES string of the molecule is C1N2CN3CN1CN(C2)C3.O=C(O)C(=O)O. The molecule has 0 aromatic rings. The van der Waals surface area contributed by atoms with Crippen molar-refractivity contribution in [3.63, 3.8) is 0 Å². The van der Waals surface area contributed by atoms with Gasteiger partial charge in [-0.15, -0.1) is 0 Å². The van der Waals surface area contributed by atoms with Gasteiger partial charge in [-0.05, 0) is 0 Å². The molecule has 90 valence electrons. The van der Waals surface area contributed by atoms with Gasteiger partial charge in [0.05, 0.1) is 40.0 Å². The lowest BCUT2D eigenvalue weighted by atomic mass is 10.4. The van der Waals surface area contributed by atoms with E-state index in [-0.39, 0.29) is 0 Å². The van der Waals surface area contributed by atoms with E-state index in [0.29, 0.717) is 0 Å². The minimum absolute atomic E-state index is 1.19. The van der Waals surface area contributed by atoms with Gasteiger partial charge in [0.25, 0.3) is 0 Å². The Morgan fingerprint density at radius 3 is 0.938 bits per heavy atom. The molecule has 0 aromatic heterocycles. The highest BCUT2D eigenvalue weighted by molar-refractivity contribution is 6.27. The molecule has 4 aliphatic rings. The monoisotopic (exact) mass is 230 g/mol.